The van der Waals surface area contributed by atoms with Gasteiger partial charge in [0.2, 0.25) is 0 Å². The van der Waals surface area contributed by atoms with Gasteiger partial charge in [-0.05, 0) is 81.7 Å². The van der Waals surface area contributed by atoms with E-state index >= 15 is 0 Å². The molecule has 35 heavy (non-hydrogen) atoms. The van der Waals surface area contributed by atoms with Gasteiger partial charge in [0.25, 0.3) is 11.8 Å². The van der Waals surface area contributed by atoms with Crippen molar-refractivity contribution in [3.63, 3.8) is 0 Å². The van der Waals surface area contributed by atoms with Gasteiger partial charge < -0.3 is 21.1 Å². The molecule has 182 valence electrons. The molecule has 2 aromatic heterocycles. The van der Waals surface area contributed by atoms with Crippen molar-refractivity contribution < 1.29 is 14.7 Å². The van der Waals surface area contributed by atoms with Gasteiger partial charge in [0.05, 0.1) is 11.3 Å². The molecule has 2 aliphatic carbocycles. The molecule has 2 saturated carbocycles. The van der Waals surface area contributed by atoms with Crippen LogP contribution in [0.4, 0.5) is 5.82 Å². The highest BCUT2D eigenvalue weighted by Gasteiger charge is 2.40. The molecule has 3 heterocycles. The second-order valence-corrected chi connectivity index (χ2v) is 10.8. The van der Waals surface area contributed by atoms with E-state index in [1.165, 1.54) is 17.4 Å². The molecule has 6 rings (SSSR count). The molecular formula is C26H30N6O3. The predicted molar refractivity (Wildman–Crippen MR) is 131 cm³/mol. The molecule has 9 nitrogen and oxygen atoms in total. The molecule has 0 saturated heterocycles. The number of hydrogen-bond acceptors (Lipinski definition) is 6. The molecule has 1 aliphatic heterocycles. The maximum absolute atomic E-state index is 13.1. The maximum atomic E-state index is 13.1. The van der Waals surface area contributed by atoms with Crippen LogP contribution in [0.2, 0.25) is 0 Å². The normalized spacial score (nSPS) is 24.4. The minimum absolute atomic E-state index is 0.104. The van der Waals surface area contributed by atoms with Crippen LogP contribution in [0.1, 0.15) is 71.4 Å². The van der Waals surface area contributed by atoms with Gasteiger partial charge in [0.15, 0.2) is 11.5 Å². The van der Waals surface area contributed by atoms with Gasteiger partial charge in [-0.3, -0.25) is 9.59 Å². The van der Waals surface area contributed by atoms with Gasteiger partial charge in [0.1, 0.15) is 5.56 Å². The Bertz CT molecular complexity index is 1380. The number of carbonyl (C=O) groups excluding carboxylic acids is 2. The Hall–Kier alpha value is -3.46. The Morgan fingerprint density at radius 3 is 2.74 bits per heavy atom. The van der Waals surface area contributed by atoms with Crippen LogP contribution in [-0.4, -0.2) is 54.1 Å². The highest BCUT2D eigenvalue weighted by Crippen LogP contribution is 2.40. The fourth-order valence-corrected chi connectivity index (χ4v) is 5.69. The Balaban J connectivity index is 1.32. The number of fused-ring (bicyclic) bond motifs is 2. The van der Waals surface area contributed by atoms with Gasteiger partial charge >= 0.3 is 0 Å². The monoisotopic (exact) mass is 474 g/mol. The highest BCUT2D eigenvalue weighted by atomic mass is 16.3. The molecule has 3 aliphatic rings. The Kier molecular flexibility index (Phi) is 4.73. The average molecular weight is 475 g/mol. The number of anilines is 1. The predicted octanol–water partition coefficient (Wildman–Crippen LogP) is 2.68. The topological polar surface area (TPSA) is 126 Å². The van der Waals surface area contributed by atoms with Crippen LogP contribution < -0.4 is 11.1 Å². The fraction of sp³-hybridized carbons (Fsp3) is 0.462. The third-order valence-corrected chi connectivity index (χ3v) is 7.77. The summed E-state index contributed by atoms with van der Waals surface area (Å²) in [6.45, 7) is 6.48. The molecule has 1 atom stereocenters. The summed E-state index contributed by atoms with van der Waals surface area (Å²) in [5.41, 5.74) is 10.3. The van der Waals surface area contributed by atoms with Crippen molar-refractivity contribution in [3.8, 4) is 11.3 Å². The van der Waals surface area contributed by atoms with Crippen molar-refractivity contribution in [3.05, 3.63) is 46.6 Å². The summed E-state index contributed by atoms with van der Waals surface area (Å²) in [4.78, 5) is 32.9. The number of aromatic nitrogens is 3. The Morgan fingerprint density at radius 2 is 2.06 bits per heavy atom. The van der Waals surface area contributed by atoms with Crippen LogP contribution in [-0.2, 0) is 6.54 Å². The third kappa shape index (κ3) is 3.65. The number of aryl methyl sites for hydroxylation is 1. The molecule has 1 unspecified atom stereocenters. The van der Waals surface area contributed by atoms with Crippen LogP contribution in [0, 0.1) is 12.8 Å². The van der Waals surface area contributed by atoms with E-state index in [1.54, 1.807) is 13.1 Å². The van der Waals surface area contributed by atoms with E-state index in [2.05, 4.69) is 17.3 Å². The number of aliphatic hydroxyl groups is 1. The van der Waals surface area contributed by atoms with Gasteiger partial charge in [-0.1, -0.05) is 0 Å². The minimum Gasteiger partial charge on any atom is -0.390 e. The Morgan fingerprint density at radius 1 is 1.31 bits per heavy atom. The molecule has 2 fully saturated rings. The van der Waals surface area contributed by atoms with Crippen LogP contribution in [0.5, 0.6) is 0 Å². The first-order chi connectivity index (χ1) is 16.6. The molecule has 2 amide bonds. The largest absolute Gasteiger partial charge is 0.390 e. The number of nitrogens with one attached hydrogen (secondary N) is 1. The number of nitrogens with zero attached hydrogens (tertiary/aromatic N) is 4. The number of carbonyl (C=O) groups is 2. The lowest BCUT2D eigenvalue weighted by Gasteiger charge is -2.41. The lowest BCUT2D eigenvalue weighted by Crippen LogP contribution is -2.53. The SMILES string of the molecule is Cc1cc(-c2ccn3nc(N)c(C(=O)N[C@H]4C[C@](C)(O)C4)c3n2)cc2c1C(=O)N(C(C)C1CC1)C2. The first kappa shape index (κ1) is 22.0. The van der Waals surface area contributed by atoms with Gasteiger partial charge in [-0.15, -0.1) is 5.10 Å². The number of rotatable bonds is 5. The first-order valence-corrected chi connectivity index (χ1v) is 12.2. The zero-order valence-electron chi connectivity index (χ0n) is 20.2. The van der Waals surface area contributed by atoms with Crippen molar-refractivity contribution in [2.24, 2.45) is 5.92 Å². The standard InChI is InChI=1S/C26H30N6O3/c1-13-8-16(9-17-12-31(25(34)20(13)17)14(2)15-4-5-15)19-6-7-32-23(29-19)21(22(27)30-32)24(33)28-18-10-26(3,35)11-18/h6-9,14-15,18,35H,4-5,10-12H2,1-3H3,(H2,27,30)(H,28,33)/t14?,18-,26-. The highest BCUT2D eigenvalue weighted by molar-refractivity contribution is 6.04. The summed E-state index contributed by atoms with van der Waals surface area (Å²) in [6, 6.07) is 6.01. The zero-order chi connectivity index (χ0) is 24.6. The number of benzene rings is 1. The smallest absolute Gasteiger partial charge is 0.259 e. The summed E-state index contributed by atoms with van der Waals surface area (Å²) in [5.74, 6) is 0.492. The van der Waals surface area contributed by atoms with Gasteiger partial charge in [0, 0.05) is 36.0 Å². The average Bonchev–Trinajstić information content (AvgIpc) is 3.49. The lowest BCUT2D eigenvalue weighted by atomic mass is 9.77. The minimum atomic E-state index is -0.741. The summed E-state index contributed by atoms with van der Waals surface area (Å²) in [5, 5.41) is 17.2. The molecular weight excluding hydrogens is 444 g/mol. The molecule has 1 aromatic carbocycles. The second kappa shape index (κ2) is 7.52. The van der Waals surface area contributed by atoms with E-state index in [0.29, 0.717) is 36.6 Å². The molecule has 4 N–H and O–H groups in total. The van der Waals surface area contributed by atoms with Crippen LogP contribution in [0.25, 0.3) is 16.9 Å². The quantitative estimate of drug-likeness (QED) is 0.522. The molecule has 0 radical (unpaired) electrons. The molecule has 3 aromatic rings. The van der Waals surface area contributed by atoms with Crippen LogP contribution in [0.15, 0.2) is 24.4 Å². The first-order valence-electron chi connectivity index (χ1n) is 12.2. The van der Waals surface area contributed by atoms with Crippen LogP contribution in [0.3, 0.4) is 0 Å². The van der Waals surface area contributed by atoms with E-state index in [9.17, 15) is 14.7 Å². The summed E-state index contributed by atoms with van der Waals surface area (Å²) >= 11 is 0. The third-order valence-electron chi connectivity index (χ3n) is 7.77. The fourth-order valence-electron chi connectivity index (χ4n) is 5.69. The van der Waals surface area contributed by atoms with E-state index in [-0.39, 0.29) is 35.3 Å². The molecule has 0 bridgehead atoms. The molecule has 0 spiro atoms. The Labute approximate surface area is 203 Å². The second-order valence-electron chi connectivity index (χ2n) is 10.8. The van der Waals surface area contributed by atoms with Crippen LogP contribution >= 0.6 is 0 Å². The van der Waals surface area contributed by atoms with E-state index in [1.807, 2.05) is 30.0 Å². The lowest BCUT2D eigenvalue weighted by molar-refractivity contribution is -0.0366. The van der Waals surface area contributed by atoms with E-state index in [4.69, 9.17) is 10.7 Å². The number of hydrogen-bond donors (Lipinski definition) is 3. The number of nitrogen functional groups attached to an aromatic ring is 1. The van der Waals surface area contributed by atoms with Crippen molar-refractivity contribution >= 4 is 23.3 Å². The van der Waals surface area contributed by atoms with Crippen molar-refractivity contribution in [1.29, 1.82) is 0 Å². The van der Waals surface area contributed by atoms with Gasteiger partial charge in [-0.25, -0.2) is 9.50 Å². The summed E-state index contributed by atoms with van der Waals surface area (Å²) in [7, 11) is 0. The number of amides is 2. The van der Waals surface area contributed by atoms with Crippen molar-refractivity contribution in [2.75, 3.05) is 5.73 Å². The maximum Gasteiger partial charge on any atom is 0.259 e. The van der Waals surface area contributed by atoms with E-state index in [0.717, 1.165) is 22.3 Å². The zero-order valence-corrected chi connectivity index (χ0v) is 20.2. The summed E-state index contributed by atoms with van der Waals surface area (Å²) < 4.78 is 1.51. The summed E-state index contributed by atoms with van der Waals surface area (Å²) in [6.07, 6.45) is 5.13. The number of nitrogens with two attached hydrogens (primary N) is 1. The molecule has 9 heteroatoms. The van der Waals surface area contributed by atoms with Crippen molar-refractivity contribution in [1.82, 2.24) is 24.8 Å². The van der Waals surface area contributed by atoms with Crippen molar-refractivity contribution in [2.45, 2.75) is 70.7 Å². The van der Waals surface area contributed by atoms with Gasteiger partial charge in [-0.2, -0.15) is 0 Å². The van der Waals surface area contributed by atoms with E-state index < -0.39 is 5.60 Å².